The lowest BCUT2D eigenvalue weighted by Gasteiger charge is -2.27. The largest absolute Gasteiger partial charge is 0.490 e. The molecule has 1 aliphatic rings. The summed E-state index contributed by atoms with van der Waals surface area (Å²) < 4.78 is 43.3. The highest BCUT2D eigenvalue weighted by Gasteiger charge is 2.20. The standard InChI is InChI=1S/C23H30FN3O3S.HI/c1-3-25-23(26-14-17-7-4-5-10-22(17)30-21-8-6-9-21)27-15-19-13-20(24)12-11-18(19)16-31(2,28)29;/h4-5,7,10-13,21H,3,6,8-9,14-16H2,1-2H3,(H2,25,26,27);1H. The molecular weight excluding hydrogens is 544 g/mol. The number of hydrogen-bond acceptors (Lipinski definition) is 4. The second kappa shape index (κ2) is 12.4. The van der Waals surface area contributed by atoms with Gasteiger partial charge < -0.3 is 15.4 Å². The number of aliphatic imine (C=N–C) groups is 1. The molecule has 0 aliphatic heterocycles. The van der Waals surface area contributed by atoms with E-state index < -0.39 is 15.7 Å². The first-order chi connectivity index (χ1) is 14.8. The number of hydrogen-bond donors (Lipinski definition) is 2. The van der Waals surface area contributed by atoms with Gasteiger partial charge >= 0.3 is 0 Å². The van der Waals surface area contributed by atoms with Crippen LogP contribution in [0.4, 0.5) is 4.39 Å². The second-order valence-electron chi connectivity index (χ2n) is 7.81. The van der Waals surface area contributed by atoms with Crippen LogP contribution in [0, 0.1) is 5.82 Å². The van der Waals surface area contributed by atoms with E-state index in [-0.39, 0.29) is 36.3 Å². The highest BCUT2D eigenvalue weighted by Crippen LogP contribution is 2.27. The minimum absolute atomic E-state index is 0. The summed E-state index contributed by atoms with van der Waals surface area (Å²) in [7, 11) is -3.24. The number of ether oxygens (including phenoxy) is 1. The molecule has 0 aromatic heterocycles. The Bertz CT molecular complexity index is 1030. The third-order valence-electron chi connectivity index (χ3n) is 5.10. The maximum Gasteiger partial charge on any atom is 0.191 e. The number of para-hydroxylation sites is 1. The van der Waals surface area contributed by atoms with Crippen molar-refractivity contribution in [1.82, 2.24) is 10.6 Å². The number of halogens is 2. The zero-order valence-corrected chi connectivity index (χ0v) is 21.6. The maximum absolute atomic E-state index is 13.8. The highest BCUT2D eigenvalue weighted by molar-refractivity contribution is 14.0. The lowest BCUT2D eigenvalue weighted by atomic mass is 9.96. The average molecular weight is 575 g/mol. The van der Waals surface area contributed by atoms with Gasteiger partial charge in [-0.1, -0.05) is 24.3 Å². The van der Waals surface area contributed by atoms with Crippen molar-refractivity contribution in [2.45, 2.75) is 51.1 Å². The normalized spacial score (nSPS) is 14.3. The van der Waals surface area contributed by atoms with Crippen molar-refractivity contribution in [3.8, 4) is 5.75 Å². The number of benzene rings is 2. The van der Waals surface area contributed by atoms with Crippen LogP contribution in [0.25, 0.3) is 0 Å². The van der Waals surface area contributed by atoms with Gasteiger partial charge in [-0.25, -0.2) is 17.8 Å². The Hall–Kier alpha value is -1.88. The number of nitrogens with one attached hydrogen (secondary N) is 2. The van der Waals surface area contributed by atoms with Gasteiger partial charge in [0.1, 0.15) is 11.6 Å². The summed E-state index contributed by atoms with van der Waals surface area (Å²) in [6, 6.07) is 12.1. The van der Waals surface area contributed by atoms with Crippen molar-refractivity contribution in [3.63, 3.8) is 0 Å². The lowest BCUT2D eigenvalue weighted by molar-refractivity contribution is 0.119. The van der Waals surface area contributed by atoms with Gasteiger partial charge in [0.2, 0.25) is 0 Å². The molecule has 6 nitrogen and oxygen atoms in total. The van der Waals surface area contributed by atoms with E-state index in [0.717, 1.165) is 30.4 Å². The number of guanidine groups is 1. The number of rotatable bonds is 9. The predicted molar refractivity (Wildman–Crippen MR) is 137 cm³/mol. The van der Waals surface area contributed by atoms with Crippen LogP contribution in [-0.4, -0.2) is 33.3 Å². The summed E-state index contributed by atoms with van der Waals surface area (Å²) in [5.74, 6) is 0.877. The van der Waals surface area contributed by atoms with Gasteiger partial charge in [-0.3, -0.25) is 0 Å². The molecule has 176 valence electrons. The summed E-state index contributed by atoms with van der Waals surface area (Å²) in [5, 5.41) is 6.46. The zero-order chi connectivity index (χ0) is 22.3. The van der Waals surface area contributed by atoms with Crippen molar-refractivity contribution in [3.05, 3.63) is 65.0 Å². The minimum atomic E-state index is -3.24. The first-order valence-electron chi connectivity index (χ1n) is 10.6. The number of sulfone groups is 1. The summed E-state index contributed by atoms with van der Waals surface area (Å²) in [6.07, 6.45) is 4.86. The van der Waals surface area contributed by atoms with Crippen molar-refractivity contribution in [1.29, 1.82) is 0 Å². The molecule has 3 rings (SSSR count). The van der Waals surface area contributed by atoms with E-state index in [0.29, 0.717) is 36.3 Å². The topological polar surface area (TPSA) is 79.8 Å². The monoisotopic (exact) mass is 575 g/mol. The molecule has 1 saturated carbocycles. The van der Waals surface area contributed by atoms with Crippen molar-refractivity contribution in [2.24, 2.45) is 4.99 Å². The Balaban J connectivity index is 0.00000363. The molecular formula is C23H31FIN3O3S. The van der Waals surface area contributed by atoms with E-state index in [4.69, 9.17) is 4.74 Å². The van der Waals surface area contributed by atoms with Crippen molar-refractivity contribution >= 4 is 39.8 Å². The molecule has 0 atom stereocenters. The molecule has 2 aromatic rings. The fraction of sp³-hybridized carbons (Fsp3) is 0.435. The molecule has 9 heteroatoms. The molecule has 0 amide bonds. The molecule has 32 heavy (non-hydrogen) atoms. The van der Waals surface area contributed by atoms with Crippen LogP contribution < -0.4 is 15.4 Å². The van der Waals surface area contributed by atoms with Crippen LogP contribution in [0.15, 0.2) is 47.5 Å². The summed E-state index contributed by atoms with van der Waals surface area (Å²) in [6.45, 7) is 3.31. The van der Waals surface area contributed by atoms with Crippen LogP contribution in [0.2, 0.25) is 0 Å². The van der Waals surface area contributed by atoms with E-state index in [1.807, 2.05) is 31.2 Å². The van der Waals surface area contributed by atoms with E-state index in [1.165, 1.54) is 24.6 Å². The molecule has 2 aromatic carbocycles. The highest BCUT2D eigenvalue weighted by atomic mass is 127. The predicted octanol–water partition coefficient (Wildman–Crippen LogP) is 4.17. The van der Waals surface area contributed by atoms with E-state index in [9.17, 15) is 12.8 Å². The van der Waals surface area contributed by atoms with Crippen LogP contribution >= 0.6 is 24.0 Å². The third-order valence-corrected chi connectivity index (χ3v) is 5.94. The molecule has 0 unspecified atom stereocenters. The first kappa shape index (κ1) is 26.4. The van der Waals surface area contributed by atoms with Crippen LogP contribution in [-0.2, 0) is 28.7 Å². The fourth-order valence-electron chi connectivity index (χ4n) is 3.28. The summed E-state index contributed by atoms with van der Waals surface area (Å²) in [5.41, 5.74) is 2.14. The van der Waals surface area contributed by atoms with Gasteiger partial charge in [0.15, 0.2) is 15.8 Å². The molecule has 0 bridgehead atoms. The Morgan fingerprint density at radius 1 is 1.12 bits per heavy atom. The maximum atomic E-state index is 13.8. The quantitative estimate of drug-likeness (QED) is 0.267. The van der Waals surface area contributed by atoms with Crippen LogP contribution in [0.3, 0.4) is 0 Å². The number of nitrogens with zero attached hydrogens (tertiary/aromatic N) is 1. The third kappa shape index (κ3) is 8.23. The first-order valence-corrected chi connectivity index (χ1v) is 12.6. The van der Waals surface area contributed by atoms with Gasteiger partial charge in [0.05, 0.1) is 18.4 Å². The lowest BCUT2D eigenvalue weighted by Crippen LogP contribution is -2.37. The molecule has 0 saturated heterocycles. The van der Waals surface area contributed by atoms with Gasteiger partial charge in [0.25, 0.3) is 0 Å². The zero-order valence-electron chi connectivity index (χ0n) is 18.4. The Kier molecular flexibility index (Phi) is 10.2. The smallest absolute Gasteiger partial charge is 0.191 e. The van der Waals surface area contributed by atoms with Crippen molar-refractivity contribution < 1.29 is 17.5 Å². The Morgan fingerprint density at radius 2 is 1.88 bits per heavy atom. The fourth-order valence-corrected chi connectivity index (χ4v) is 4.13. The summed E-state index contributed by atoms with van der Waals surface area (Å²) >= 11 is 0. The molecule has 0 heterocycles. The molecule has 2 N–H and O–H groups in total. The minimum Gasteiger partial charge on any atom is -0.490 e. The second-order valence-corrected chi connectivity index (χ2v) is 9.95. The van der Waals surface area contributed by atoms with Crippen LogP contribution in [0.5, 0.6) is 5.75 Å². The van der Waals surface area contributed by atoms with Gasteiger partial charge in [-0.05, 0) is 55.5 Å². The van der Waals surface area contributed by atoms with Gasteiger partial charge in [0, 0.05) is 24.9 Å². The van der Waals surface area contributed by atoms with E-state index in [2.05, 4.69) is 15.6 Å². The summed E-state index contributed by atoms with van der Waals surface area (Å²) in [4.78, 5) is 4.54. The molecule has 1 fully saturated rings. The van der Waals surface area contributed by atoms with E-state index >= 15 is 0 Å². The van der Waals surface area contributed by atoms with Gasteiger partial charge in [-0.2, -0.15) is 0 Å². The SMILES string of the molecule is CCNC(=NCc1cc(F)ccc1CS(C)(=O)=O)NCc1ccccc1OC1CCC1.I. The molecule has 0 spiro atoms. The van der Waals surface area contributed by atoms with Crippen LogP contribution in [0.1, 0.15) is 42.9 Å². The van der Waals surface area contributed by atoms with Gasteiger partial charge in [-0.15, -0.1) is 24.0 Å². The van der Waals surface area contributed by atoms with Crippen molar-refractivity contribution in [2.75, 3.05) is 12.8 Å². The molecule has 1 aliphatic carbocycles. The Morgan fingerprint density at radius 3 is 2.53 bits per heavy atom. The molecule has 0 radical (unpaired) electrons. The average Bonchev–Trinajstić information content (AvgIpc) is 2.68. The van der Waals surface area contributed by atoms with E-state index in [1.54, 1.807) is 0 Å². The Labute approximate surface area is 207 Å².